The Morgan fingerprint density at radius 1 is 1.33 bits per heavy atom. The Hall–Kier alpha value is -2.08. The zero-order valence-corrected chi connectivity index (χ0v) is 11.7. The molecule has 6 nitrogen and oxygen atoms in total. The molecular weight excluding hydrogens is 274 g/mol. The number of carboxylic acids is 1. The molecule has 0 radical (unpaired) electrons. The first-order valence-electron chi connectivity index (χ1n) is 6.98. The minimum absolute atomic E-state index is 0.0473. The Labute approximate surface area is 123 Å². The highest BCUT2D eigenvalue weighted by Crippen LogP contribution is 2.13. The van der Waals surface area contributed by atoms with Crippen molar-refractivity contribution in [2.75, 3.05) is 19.8 Å². The summed E-state index contributed by atoms with van der Waals surface area (Å²) in [4.78, 5) is 22.1. The lowest BCUT2D eigenvalue weighted by molar-refractivity contribution is -0.139. The van der Waals surface area contributed by atoms with Crippen LogP contribution in [0.25, 0.3) is 0 Å². The molecule has 1 aliphatic rings. The van der Waals surface area contributed by atoms with Crippen LogP contribution in [-0.4, -0.2) is 42.8 Å². The summed E-state index contributed by atoms with van der Waals surface area (Å²) in [7, 11) is 0. The number of benzene rings is 1. The van der Waals surface area contributed by atoms with Crippen LogP contribution in [0.3, 0.4) is 0 Å². The van der Waals surface area contributed by atoms with E-state index in [1.807, 2.05) is 12.1 Å². The summed E-state index contributed by atoms with van der Waals surface area (Å²) in [6, 6.07) is 7.16. The van der Waals surface area contributed by atoms with Gasteiger partial charge in [0.2, 0.25) is 5.91 Å². The molecule has 0 aromatic heterocycles. The molecule has 1 unspecified atom stereocenters. The number of carbonyl (C=O) groups is 2. The number of rotatable bonds is 7. The van der Waals surface area contributed by atoms with Crippen molar-refractivity contribution in [1.29, 1.82) is 0 Å². The lowest BCUT2D eigenvalue weighted by Gasteiger charge is -2.10. The zero-order valence-electron chi connectivity index (χ0n) is 11.7. The first kappa shape index (κ1) is 15.3. The maximum atomic E-state index is 11.7. The fraction of sp³-hybridized carbons (Fsp3) is 0.467. The first-order chi connectivity index (χ1) is 10.1. The van der Waals surface area contributed by atoms with Gasteiger partial charge in [0.15, 0.2) is 6.61 Å². The number of amides is 1. The summed E-state index contributed by atoms with van der Waals surface area (Å²) < 4.78 is 10.3. The van der Waals surface area contributed by atoms with Gasteiger partial charge < -0.3 is 19.9 Å². The van der Waals surface area contributed by atoms with Crippen molar-refractivity contribution in [1.82, 2.24) is 5.32 Å². The summed E-state index contributed by atoms with van der Waals surface area (Å²) in [5.41, 5.74) is 1.05. The van der Waals surface area contributed by atoms with Crippen molar-refractivity contribution >= 4 is 11.9 Å². The van der Waals surface area contributed by atoms with E-state index in [0.717, 1.165) is 18.4 Å². The van der Waals surface area contributed by atoms with E-state index in [2.05, 4.69) is 5.32 Å². The Bertz CT molecular complexity index is 479. The van der Waals surface area contributed by atoms with E-state index in [9.17, 15) is 9.59 Å². The smallest absolute Gasteiger partial charge is 0.341 e. The van der Waals surface area contributed by atoms with E-state index in [1.54, 1.807) is 12.1 Å². The van der Waals surface area contributed by atoms with Crippen LogP contribution < -0.4 is 10.1 Å². The molecule has 1 fully saturated rings. The van der Waals surface area contributed by atoms with Gasteiger partial charge in [-0.3, -0.25) is 4.79 Å². The number of hydrogen-bond donors (Lipinski definition) is 2. The fourth-order valence-electron chi connectivity index (χ4n) is 2.13. The Kier molecular flexibility index (Phi) is 5.57. The van der Waals surface area contributed by atoms with Gasteiger partial charge in [-0.25, -0.2) is 4.79 Å². The third-order valence-corrected chi connectivity index (χ3v) is 3.22. The zero-order chi connectivity index (χ0) is 15.1. The SMILES string of the molecule is O=C(O)COc1ccc(CCNC(=O)C2CCCO2)cc1. The number of carbonyl (C=O) groups excluding carboxylic acids is 1. The van der Waals surface area contributed by atoms with Gasteiger partial charge in [-0.1, -0.05) is 12.1 Å². The van der Waals surface area contributed by atoms with Crippen LogP contribution in [0.4, 0.5) is 0 Å². The second-order valence-corrected chi connectivity index (χ2v) is 4.87. The molecule has 1 heterocycles. The van der Waals surface area contributed by atoms with Crippen molar-refractivity contribution < 1.29 is 24.2 Å². The van der Waals surface area contributed by atoms with E-state index in [0.29, 0.717) is 25.3 Å². The predicted molar refractivity (Wildman–Crippen MR) is 75.3 cm³/mol. The summed E-state index contributed by atoms with van der Waals surface area (Å²) >= 11 is 0. The van der Waals surface area contributed by atoms with Gasteiger partial charge in [-0.2, -0.15) is 0 Å². The number of aliphatic carboxylic acids is 1. The average molecular weight is 293 g/mol. The van der Waals surface area contributed by atoms with Crippen LogP contribution in [0.5, 0.6) is 5.75 Å². The normalized spacial score (nSPS) is 17.4. The second kappa shape index (κ2) is 7.64. The van der Waals surface area contributed by atoms with Crippen molar-refractivity contribution in [3.05, 3.63) is 29.8 Å². The number of carboxylic acid groups (broad SMARTS) is 1. The molecule has 1 amide bonds. The number of ether oxygens (including phenoxy) is 2. The van der Waals surface area contributed by atoms with Gasteiger partial charge in [-0.15, -0.1) is 0 Å². The van der Waals surface area contributed by atoms with Gasteiger partial charge in [0.1, 0.15) is 11.9 Å². The van der Waals surface area contributed by atoms with Gasteiger partial charge >= 0.3 is 5.97 Å². The monoisotopic (exact) mass is 293 g/mol. The predicted octanol–water partition coefficient (Wildman–Crippen LogP) is 0.988. The minimum atomic E-state index is -1.00. The maximum absolute atomic E-state index is 11.7. The molecule has 0 saturated carbocycles. The molecule has 6 heteroatoms. The van der Waals surface area contributed by atoms with Crippen molar-refractivity contribution in [3.63, 3.8) is 0 Å². The van der Waals surface area contributed by atoms with Crippen molar-refractivity contribution in [3.8, 4) is 5.75 Å². The van der Waals surface area contributed by atoms with E-state index in [-0.39, 0.29) is 18.6 Å². The van der Waals surface area contributed by atoms with Gasteiger partial charge in [0.25, 0.3) is 0 Å². The van der Waals surface area contributed by atoms with Crippen molar-refractivity contribution in [2.24, 2.45) is 0 Å². The molecular formula is C15H19NO5. The molecule has 1 aliphatic heterocycles. The van der Waals surface area contributed by atoms with Crippen molar-refractivity contribution in [2.45, 2.75) is 25.4 Å². The molecule has 114 valence electrons. The highest BCUT2D eigenvalue weighted by molar-refractivity contribution is 5.80. The van der Waals surface area contributed by atoms with E-state index in [4.69, 9.17) is 14.6 Å². The van der Waals surface area contributed by atoms with Crippen LogP contribution in [0.1, 0.15) is 18.4 Å². The molecule has 0 spiro atoms. The molecule has 1 aromatic carbocycles. The number of nitrogens with one attached hydrogen (secondary N) is 1. The second-order valence-electron chi connectivity index (χ2n) is 4.87. The molecule has 1 saturated heterocycles. The highest BCUT2D eigenvalue weighted by Gasteiger charge is 2.22. The lowest BCUT2D eigenvalue weighted by Crippen LogP contribution is -2.35. The highest BCUT2D eigenvalue weighted by atomic mass is 16.5. The number of hydrogen-bond acceptors (Lipinski definition) is 4. The summed E-state index contributed by atoms with van der Waals surface area (Å²) in [6.07, 6.45) is 2.14. The minimum Gasteiger partial charge on any atom is -0.482 e. The molecule has 1 aromatic rings. The van der Waals surface area contributed by atoms with Crippen LogP contribution >= 0.6 is 0 Å². The van der Waals surface area contributed by atoms with Gasteiger partial charge in [0.05, 0.1) is 0 Å². The molecule has 21 heavy (non-hydrogen) atoms. The molecule has 1 atom stereocenters. The summed E-state index contributed by atoms with van der Waals surface area (Å²) in [5.74, 6) is -0.533. The topological polar surface area (TPSA) is 84.9 Å². The van der Waals surface area contributed by atoms with Gasteiger partial charge in [0, 0.05) is 13.2 Å². The summed E-state index contributed by atoms with van der Waals surface area (Å²) in [5, 5.41) is 11.4. The Morgan fingerprint density at radius 3 is 2.71 bits per heavy atom. The van der Waals surface area contributed by atoms with E-state index in [1.165, 1.54) is 0 Å². The fourth-order valence-corrected chi connectivity index (χ4v) is 2.13. The van der Waals surface area contributed by atoms with E-state index >= 15 is 0 Å². The third kappa shape index (κ3) is 5.07. The van der Waals surface area contributed by atoms with E-state index < -0.39 is 5.97 Å². The standard InChI is InChI=1S/C15H19NO5/c17-14(18)10-21-12-5-3-11(4-6-12)7-8-16-15(19)13-2-1-9-20-13/h3-6,13H,1-2,7-10H2,(H,16,19)(H,17,18). The largest absolute Gasteiger partial charge is 0.482 e. The first-order valence-corrected chi connectivity index (χ1v) is 6.98. The van der Waals surface area contributed by atoms with Crippen LogP contribution in [-0.2, 0) is 20.7 Å². The van der Waals surface area contributed by atoms with Crippen LogP contribution in [0.2, 0.25) is 0 Å². The molecule has 2 rings (SSSR count). The molecule has 2 N–H and O–H groups in total. The maximum Gasteiger partial charge on any atom is 0.341 e. The van der Waals surface area contributed by atoms with Gasteiger partial charge in [-0.05, 0) is 37.0 Å². The van der Waals surface area contributed by atoms with Crippen LogP contribution in [0.15, 0.2) is 24.3 Å². The Balaban J connectivity index is 1.70. The molecule has 0 bridgehead atoms. The quantitative estimate of drug-likeness (QED) is 0.783. The Morgan fingerprint density at radius 2 is 2.10 bits per heavy atom. The third-order valence-electron chi connectivity index (χ3n) is 3.22. The lowest BCUT2D eigenvalue weighted by atomic mass is 10.1. The molecule has 0 aliphatic carbocycles. The van der Waals surface area contributed by atoms with Crippen LogP contribution in [0, 0.1) is 0 Å². The summed E-state index contributed by atoms with van der Waals surface area (Å²) in [6.45, 7) is 0.862. The average Bonchev–Trinajstić information content (AvgIpc) is 3.00.